The van der Waals surface area contributed by atoms with Crippen LogP contribution < -0.4 is 21.3 Å². The average Bonchev–Trinajstić information content (AvgIpc) is 3.52. The Hall–Kier alpha value is -2.32. The zero-order chi connectivity index (χ0) is 18.8. The highest BCUT2D eigenvalue weighted by atomic mass is 31.0. The minimum atomic E-state index is 0.154. The van der Waals surface area contributed by atoms with Crippen molar-refractivity contribution < 1.29 is 0 Å². The van der Waals surface area contributed by atoms with E-state index in [0.29, 0.717) is 5.92 Å². The summed E-state index contributed by atoms with van der Waals surface area (Å²) in [6, 6.07) is 14.7. The molecule has 2 aromatic carbocycles. The van der Waals surface area contributed by atoms with Crippen LogP contribution in [-0.2, 0) is 0 Å². The first-order valence-electron chi connectivity index (χ1n) is 9.69. The molecule has 2 aliphatic rings. The van der Waals surface area contributed by atoms with Crippen LogP contribution in [0, 0.1) is 5.92 Å². The van der Waals surface area contributed by atoms with Crippen LogP contribution in [0.1, 0.15) is 37.3 Å². The quantitative estimate of drug-likeness (QED) is 0.661. The fourth-order valence-corrected chi connectivity index (χ4v) is 3.65. The molecule has 27 heavy (non-hydrogen) atoms. The van der Waals surface area contributed by atoms with Crippen LogP contribution in [0.15, 0.2) is 54.0 Å². The topological polar surface area (TPSA) is 48.5 Å². The largest absolute Gasteiger partial charge is 0.385 e. The summed E-state index contributed by atoms with van der Waals surface area (Å²) in [7, 11) is 2.77. The molecular weight excluding hydrogens is 351 g/mol. The Morgan fingerprint density at radius 1 is 1.26 bits per heavy atom. The number of hydrogen-bond acceptors (Lipinski definition) is 4. The van der Waals surface area contributed by atoms with Gasteiger partial charge in [-0.25, -0.2) is 4.99 Å². The Balaban J connectivity index is 1.62. The maximum Gasteiger partial charge on any atom is 0.137 e. The van der Waals surface area contributed by atoms with Crippen molar-refractivity contribution >= 4 is 37.5 Å². The van der Waals surface area contributed by atoms with Crippen LogP contribution in [0.5, 0.6) is 0 Å². The van der Waals surface area contributed by atoms with E-state index >= 15 is 0 Å². The van der Waals surface area contributed by atoms with Gasteiger partial charge in [0.1, 0.15) is 12.0 Å². The summed E-state index contributed by atoms with van der Waals surface area (Å²) in [5, 5.41) is 11.7. The second kappa shape index (κ2) is 7.74. The van der Waals surface area contributed by atoms with E-state index in [4.69, 9.17) is 4.99 Å². The van der Waals surface area contributed by atoms with Gasteiger partial charge in [0.2, 0.25) is 0 Å². The molecule has 140 valence electrons. The third kappa shape index (κ3) is 4.01. The highest BCUT2D eigenvalue weighted by Gasteiger charge is 2.34. The number of hydrogen-bond donors (Lipinski definition) is 3. The Morgan fingerprint density at radius 3 is 2.85 bits per heavy atom. The molecule has 4 rings (SSSR count). The molecule has 2 unspecified atom stereocenters. The molecule has 0 bridgehead atoms. The van der Waals surface area contributed by atoms with E-state index in [9.17, 15) is 0 Å². The maximum atomic E-state index is 4.97. The Labute approximate surface area is 163 Å². The van der Waals surface area contributed by atoms with E-state index in [1.54, 1.807) is 0 Å². The molecule has 1 aliphatic heterocycles. The number of amidine groups is 1. The third-order valence-corrected chi connectivity index (χ3v) is 5.38. The maximum absolute atomic E-state index is 4.97. The number of nitrogens with zero attached hydrogens (tertiary/aromatic N) is 1. The van der Waals surface area contributed by atoms with Gasteiger partial charge in [-0.1, -0.05) is 31.7 Å². The number of aliphatic imine (C=N–C) groups is 1. The van der Waals surface area contributed by atoms with Crippen molar-refractivity contribution in [2.75, 3.05) is 17.2 Å². The minimum Gasteiger partial charge on any atom is -0.385 e. The highest BCUT2D eigenvalue weighted by Crippen LogP contribution is 2.37. The average molecular weight is 378 g/mol. The summed E-state index contributed by atoms with van der Waals surface area (Å²) < 4.78 is 0. The monoisotopic (exact) mass is 378 g/mol. The molecule has 0 radical (unpaired) electrons. The molecule has 2 atom stereocenters. The molecule has 1 aliphatic carbocycles. The smallest absolute Gasteiger partial charge is 0.137 e. The van der Waals surface area contributed by atoms with Gasteiger partial charge in [-0.15, -0.1) is 9.24 Å². The molecule has 0 spiro atoms. The van der Waals surface area contributed by atoms with Crippen LogP contribution in [0.2, 0.25) is 0 Å². The first kappa shape index (κ1) is 18.1. The van der Waals surface area contributed by atoms with Crippen molar-refractivity contribution in [3.8, 4) is 0 Å². The summed E-state index contributed by atoms with van der Waals surface area (Å²) in [5.41, 5.74) is 5.28. The van der Waals surface area contributed by atoms with Gasteiger partial charge in [-0.2, -0.15) is 0 Å². The Kier molecular flexibility index (Phi) is 5.18. The van der Waals surface area contributed by atoms with Gasteiger partial charge < -0.3 is 16.0 Å². The first-order valence-corrected chi connectivity index (χ1v) is 10.3. The van der Waals surface area contributed by atoms with Crippen molar-refractivity contribution in [2.24, 2.45) is 10.9 Å². The zero-order valence-electron chi connectivity index (χ0n) is 15.8. The number of benzene rings is 2. The first-order chi connectivity index (χ1) is 13.2. The standard InChI is InChI=1S/C22H27N4P/c1-3-12-23-19-11-10-16(27)13-18(19)14(2)24-22-17-6-4-5-7-20(17)25-21(26-22)15-8-9-15/h4-7,10-11,13,15,21,23,25H,2-3,8-9,12,27H2,1H3,(H,24,26). The second-order valence-corrected chi connectivity index (χ2v) is 7.95. The number of rotatable bonds is 6. The van der Waals surface area contributed by atoms with Crippen LogP contribution in [0.4, 0.5) is 11.4 Å². The minimum absolute atomic E-state index is 0.154. The molecular formula is C22H27N4P. The predicted octanol–water partition coefficient (Wildman–Crippen LogP) is 4.18. The van der Waals surface area contributed by atoms with Crippen LogP contribution >= 0.6 is 9.24 Å². The van der Waals surface area contributed by atoms with Gasteiger partial charge in [0.25, 0.3) is 0 Å². The molecule has 2 aromatic rings. The lowest BCUT2D eigenvalue weighted by atomic mass is 10.1. The van der Waals surface area contributed by atoms with Crippen molar-refractivity contribution in [3.05, 3.63) is 60.2 Å². The molecule has 1 fully saturated rings. The van der Waals surface area contributed by atoms with Crippen LogP contribution in [-0.4, -0.2) is 18.5 Å². The number of nitrogens with one attached hydrogen (secondary N) is 3. The highest BCUT2D eigenvalue weighted by molar-refractivity contribution is 7.27. The van der Waals surface area contributed by atoms with Crippen LogP contribution in [0.3, 0.4) is 0 Å². The van der Waals surface area contributed by atoms with Gasteiger partial charge in [0.05, 0.1) is 0 Å². The summed E-state index contributed by atoms with van der Waals surface area (Å²) in [6.45, 7) is 7.43. The van der Waals surface area contributed by atoms with Gasteiger partial charge in [-0.3, -0.25) is 0 Å². The molecule has 4 nitrogen and oxygen atoms in total. The molecule has 0 saturated heterocycles. The fourth-order valence-electron chi connectivity index (χ4n) is 3.39. The van der Waals surface area contributed by atoms with E-state index in [2.05, 4.69) is 81.2 Å². The van der Waals surface area contributed by atoms with Crippen molar-refractivity contribution in [1.82, 2.24) is 5.32 Å². The summed E-state index contributed by atoms with van der Waals surface area (Å²) in [5.74, 6) is 1.54. The van der Waals surface area contributed by atoms with Crippen molar-refractivity contribution in [2.45, 2.75) is 32.4 Å². The van der Waals surface area contributed by atoms with E-state index in [-0.39, 0.29) is 6.17 Å². The summed E-state index contributed by atoms with van der Waals surface area (Å²) in [6.07, 6.45) is 3.73. The van der Waals surface area contributed by atoms with E-state index < -0.39 is 0 Å². The predicted molar refractivity (Wildman–Crippen MR) is 120 cm³/mol. The molecule has 0 aromatic heterocycles. The van der Waals surface area contributed by atoms with Crippen molar-refractivity contribution in [1.29, 1.82) is 0 Å². The third-order valence-electron chi connectivity index (χ3n) is 5.03. The van der Waals surface area contributed by atoms with E-state index in [1.165, 1.54) is 12.8 Å². The van der Waals surface area contributed by atoms with Crippen molar-refractivity contribution in [3.63, 3.8) is 0 Å². The van der Waals surface area contributed by atoms with Gasteiger partial charge in [-0.05, 0) is 54.8 Å². The molecule has 3 N–H and O–H groups in total. The SMILES string of the molecule is C=C(NC1=NC(C2CC2)Nc2ccccc21)c1cc(P)ccc1NCCC. The molecule has 0 amide bonds. The molecule has 5 heteroatoms. The van der Waals surface area contributed by atoms with E-state index in [0.717, 1.165) is 52.3 Å². The lowest BCUT2D eigenvalue weighted by molar-refractivity contribution is 0.659. The van der Waals surface area contributed by atoms with Crippen LogP contribution in [0.25, 0.3) is 5.70 Å². The van der Waals surface area contributed by atoms with Gasteiger partial charge in [0.15, 0.2) is 0 Å². The van der Waals surface area contributed by atoms with Gasteiger partial charge in [0, 0.05) is 34.7 Å². The lowest BCUT2D eigenvalue weighted by Gasteiger charge is -2.27. The fraction of sp³-hybridized carbons (Fsp3) is 0.318. The lowest BCUT2D eigenvalue weighted by Crippen LogP contribution is -2.34. The zero-order valence-corrected chi connectivity index (χ0v) is 16.9. The number of fused-ring (bicyclic) bond motifs is 1. The normalized spacial score (nSPS) is 18.1. The van der Waals surface area contributed by atoms with Gasteiger partial charge >= 0.3 is 0 Å². The summed E-state index contributed by atoms with van der Waals surface area (Å²) in [4.78, 5) is 4.97. The van der Waals surface area contributed by atoms with E-state index in [1.807, 2.05) is 0 Å². The number of para-hydroxylation sites is 1. The Bertz CT molecular complexity index is 886. The molecule has 1 heterocycles. The molecule has 1 saturated carbocycles. The Morgan fingerprint density at radius 2 is 2.07 bits per heavy atom. The number of anilines is 2. The summed E-state index contributed by atoms with van der Waals surface area (Å²) >= 11 is 0. The second-order valence-electron chi connectivity index (χ2n) is 7.29.